The standard InChI is InChI=1S/C9H16O.C9H18.C7H14O.C6H12O.4C2H6/c1-7(2)8-3-9(4-8)5-10-6-9;1-8(2)9-6-4-3-5-7-9;1-6(2)7-3-4-8-5-7;1-5(2)6-3-7-4-6;4*1-2/h7-8H,3-6H2,1-2H3;8-9H,3-7H2,1-2H3;6-7H,3-5H2,1-2H3;5-6H,3-4H2,1-2H3;4*1-2H3. The molecule has 42 heavy (non-hydrogen) atoms. The van der Waals surface area contributed by atoms with Crippen LogP contribution in [0.2, 0.25) is 0 Å². The second kappa shape index (κ2) is 29.6. The van der Waals surface area contributed by atoms with E-state index in [9.17, 15) is 0 Å². The lowest BCUT2D eigenvalue weighted by atomic mass is 9.58. The monoisotopic (exact) mass is 601 g/mol. The zero-order valence-electron chi connectivity index (χ0n) is 32.2. The van der Waals surface area contributed by atoms with Crippen LogP contribution in [0.25, 0.3) is 0 Å². The third kappa shape index (κ3) is 20.0. The first kappa shape index (κ1) is 46.3. The highest BCUT2D eigenvalue weighted by molar-refractivity contribution is 4.98. The summed E-state index contributed by atoms with van der Waals surface area (Å²) in [7, 11) is 0. The Morgan fingerprint density at radius 2 is 0.833 bits per heavy atom. The molecule has 0 aromatic carbocycles. The van der Waals surface area contributed by atoms with Crippen LogP contribution in [0.4, 0.5) is 0 Å². The summed E-state index contributed by atoms with van der Waals surface area (Å²) >= 11 is 0. The molecular formula is C39H84O3. The van der Waals surface area contributed by atoms with E-state index in [4.69, 9.17) is 14.2 Å². The summed E-state index contributed by atoms with van der Waals surface area (Å²) in [5, 5.41) is 0. The third-order valence-corrected chi connectivity index (χ3v) is 9.26. The van der Waals surface area contributed by atoms with Crippen LogP contribution in [0.5, 0.6) is 0 Å². The highest BCUT2D eigenvalue weighted by Gasteiger charge is 2.50. The molecule has 0 amide bonds. The van der Waals surface area contributed by atoms with Gasteiger partial charge in [-0.15, -0.1) is 0 Å². The average Bonchev–Trinajstić information content (AvgIpc) is 3.48. The zero-order valence-corrected chi connectivity index (χ0v) is 32.2. The SMILES string of the molecule is CC.CC.CC.CC.CC(C)C1CC2(COC2)C1.CC(C)C1CCCCC1.CC(C)C1CCOC1.CC(C)C1COC1. The summed E-state index contributed by atoms with van der Waals surface area (Å²) in [6, 6.07) is 0. The molecule has 0 bridgehead atoms. The lowest BCUT2D eigenvalue weighted by Gasteiger charge is -2.54. The van der Waals surface area contributed by atoms with Gasteiger partial charge in [-0.05, 0) is 60.7 Å². The molecule has 0 N–H and O–H groups in total. The Kier molecular flexibility index (Phi) is 32.6. The second-order valence-corrected chi connectivity index (χ2v) is 13.5. The lowest BCUT2D eigenvalue weighted by molar-refractivity contribution is -0.185. The Balaban J connectivity index is -0.000000449. The summed E-state index contributed by atoms with van der Waals surface area (Å²) in [5.41, 5.74) is 0.676. The highest BCUT2D eigenvalue weighted by atomic mass is 16.5. The van der Waals surface area contributed by atoms with Crippen molar-refractivity contribution in [1.82, 2.24) is 0 Å². The first-order valence-electron chi connectivity index (χ1n) is 18.9. The van der Waals surface area contributed by atoms with Gasteiger partial charge < -0.3 is 14.2 Å². The molecule has 0 aromatic rings. The fraction of sp³-hybridized carbons (Fsp3) is 1.00. The van der Waals surface area contributed by atoms with Crippen LogP contribution in [0, 0.1) is 52.8 Å². The molecule has 5 aliphatic rings. The molecule has 3 heterocycles. The lowest BCUT2D eigenvalue weighted by Crippen LogP contribution is -2.53. The molecular weight excluding hydrogens is 516 g/mol. The van der Waals surface area contributed by atoms with Gasteiger partial charge in [-0.1, -0.05) is 143 Å². The zero-order chi connectivity index (χ0) is 33.1. The minimum absolute atomic E-state index is 0.676. The Labute approximate surface area is 268 Å². The first-order valence-corrected chi connectivity index (χ1v) is 18.9. The van der Waals surface area contributed by atoms with Crippen molar-refractivity contribution in [3.8, 4) is 0 Å². The van der Waals surface area contributed by atoms with E-state index in [1.165, 1.54) is 51.4 Å². The molecule has 0 radical (unpaired) electrons. The van der Waals surface area contributed by atoms with Crippen LogP contribution in [0.1, 0.15) is 162 Å². The van der Waals surface area contributed by atoms with Crippen LogP contribution in [0.15, 0.2) is 0 Å². The molecule has 258 valence electrons. The predicted octanol–water partition coefficient (Wildman–Crippen LogP) is 12.4. The Bertz CT molecular complexity index is 500. The van der Waals surface area contributed by atoms with Crippen molar-refractivity contribution in [2.75, 3.05) is 39.6 Å². The van der Waals surface area contributed by atoms with Gasteiger partial charge in [0.05, 0.1) is 26.4 Å². The summed E-state index contributed by atoms with van der Waals surface area (Å²) in [5.74, 6) is 7.24. The Hall–Kier alpha value is -0.120. The van der Waals surface area contributed by atoms with Gasteiger partial charge in [0, 0.05) is 24.5 Å². The van der Waals surface area contributed by atoms with Gasteiger partial charge in [-0.3, -0.25) is 0 Å². The molecule has 1 unspecified atom stereocenters. The molecule has 1 atom stereocenters. The van der Waals surface area contributed by atoms with Crippen molar-refractivity contribution in [2.45, 2.75) is 162 Å². The van der Waals surface area contributed by atoms with Crippen molar-refractivity contribution in [3.63, 3.8) is 0 Å². The molecule has 2 saturated carbocycles. The molecule has 3 aliphatic heterocycles. The second-order valence-electron chi connectivity index (χ2n) is 13.5. The number of hydrogen-bond acceptors (Lipinski definition) is 3. The van der Waals surface area contributed by atoms with Crippen LogP contribution in [-0.4, -0.2) is 39.6 Å². The van der Waals surface area contributed by atoms with Gasteiger partial charge >= 0.3 is 0 Å². The number of ether oxygens (including phenoxy) is 3. The average molecular weight is 601 g/mol. The van der Waals surface area contributed by atoms with Gasteiger partial charge in [-0.25, -0.2) is 0 Å². The van der Waals surface area contributed by atoms with Crippen molar-refractivity contribution < 1.29 is 14.2 Å². The van der Waals surface area contributed by atoms with E-state index in [0.717, 1.165) is 87.0 Å². The quantitative estimate of drug-likeness (QED) is 0.321. The van der Waals surface area contributed by atoms with Crippen molar-refractivity contribution in [2.24, 2.45) is 52.8 Å². The molecule has 5 fully saturated rings. The summed E-state index contributed by atoms with van der Waals surface area (Å²) in [6.07, 6.45) is 11.6. The molecule has 5 rings (SSSR count). The van der Waals surface area contributed by atoms with Gasteiger partial charge in [0.1, 0.15) is 0 Å². The number of rotatable bonds is 4. The summed E-state index contributed by atoms with van der Waals surface area (Å²) < 4.78 is 15.4. The van der Waals surface area contributed by atoms with E-state index in [0.29, 0.717) is 5.41 Å². The van der Waals surface area contributed by atoms with Gasteiger partial charge in [0.25, 0.3) is 0 Å². The highest BCUT2D eigenvalue weighted by Crippen LogP contribution is 2.53. The van der Waals surface area contributed by atoms with Gasteiger partial charge in [0.15, 0.2) is 0 Å². The van der Waals surface area contributed by atoms with Crippen LogP contribution in [0.3, 0.4) is 0 Å². The smallest absolute Gasteiger partial charge is 0.0545 e. The fourth-order valence-corrected chi connectivity index (χ4v) is 5.67. The fourth-order valence-electron chi connectivity index (χ4n) is 5.67. The maximum atomic E-state index is 5.22. The van der Waals surface area contributed by atoms with E-state index in [1.807, 2.05) is 55.4 Å². The maximum absolute atomic E-state index is 5.22. The topological polar surface area (TPSA) is 27.7 Å². The van der Waals surface area contributed by atoms with E-state index in [2.05, 4.69) is 55.4 Å². The van der Waals surface area contributed by atoms with Gasteiger partial charge in [0.2, 0.25) is 0 Å². The largest absolute Gasteiger partial charge is 0.381 e. The molecule has 1 spiro atoms. The van der Waals surface area contributed by atoms with Crippen LogP contribution in [-0.2, 0) is 14.2 Å². The minimum Gasteiger partial charge on any atom is -0.381 e. The van der Waals surface area contributed by atoms with Crippen molar-refractivity contribution in [1.29, 1.82) is 0 Å². The van der Waals surface area contributed by atoms with Crippen LogP contribution >= 0.6 is 0 Å². The molecule has 3 heteroatoms. The summed E-state index contributed by atoms with van der Waals surface area (Å²) in [4.78, 5) is 0. The van der Waals surface area contributed by atoms with E-state index >= 15 is 0 Å². The Morgan fingerprint density at radius 1 is 0.429 bits per heavy atom. The van der Waals surface area contributed by atoms with Crippen molar-refractivity contribution in [3.05, 3.63) is 0 Å². The minimum atomic E-state index is 0.676. The van der Waals surface area contributed by atoms with E-state index in [-0.39, 0.29) is 0 Å². The third-order valence-electron chi connectivity index (χ3n) is 9.26. The van der Waals surface area contributed by atoms with Crippen molar-refractivity contribution >= 4 is 0 Å². The molecule has 2 aliphatic carbocycles. The normalized spacial score (nSPS) is 22.1. The number of hydrogen-bond donors (Lipinski definition) is 0. The van der Waals surface area contributed by atoms with E-state index in [1.54, 1.807) is 0 Å². The molecule has 3 nitrogen and oxygen atoms in total. The maximum Gasteiger partial charge on any atom is 0.0545 e. The van der Waals surface area contributed by atoms with Crippen LogP contribution < -0.4 is 0 Å². The Morgan fingerprint density at radius 3 is 1.02 bits per heavy atom. The molecule has 0 aromatic heterocycles. The summed E-state index contributed by atoms with van der Waals surface area (Å²) in [6.45, 7) is 40.5. The van der Waals surface area contributed by atoms with E-state index < -0.39 is 0 Å². The predicted molar refractivity (Wildman–Crippen MR) is 191 cm³/mol. The van der Waals surface area contributed by atoms with Gasteiger partial charge in [-0.2, -0.15) is 0 Å². The molecule has 3 saturated heterocycles. The first-order chi connectivity index (χ1) is 20.1.